The first-order valence-electron chi connectivity index (χ1n) is 4.01. The number of nitrogens with zero attached hydrogens (tertiary/aromatic N) is 1. The van der Waals surface area contributed by atoms with Crippen LogP contribution >= 0.6 is 0 Å². The van der Waals surface area contributed by atoms with Crippen molar-refractivity contribution in [1.82, 2.24) is 0 Å². The molecule has 4 heteroatoms. The highest BCUT2D eigenvalue weighted by Gasteiger charge is 2.10. The van der Waals surface area contributed by atoms with Gasteiger partial charge in [-0.25, -0.2) is 0 Å². The molecule has 2 N–H and O–H groups in total. The molecule has 1 rings (SSSR count). The highest BCUT2D eigenvalue weighted by molar-refractivity contribution is 6.51. The Bertz CT molecular complexity index is 221. The first-order chi connectivity index (χ1) is 5.80. The molecule has 1 heterocycles. The van der Waals surface area contributed by atoms with Gasteiger partial charge in [0.05, 0.1) is 6.54 Å². The molecule has 0 atom stereocenters. The molecule has 1 aliphatic rings. The molecule has 3 nitrogen and oxygen atoms in total. The van der Waals surface area contributed by atoms with Crippen LogP contribution in [0.25, 0.3) is 0 Å². The van der Waals surface area contributed by atoms with Crippen LogP contribution in [-0.2, 0) is 0 Å². The van der Waals surface area contributed by atoms with Gasteiger partial charge in [-0.2, -0.15) is 0 Å². The van der Waals surface area contributed by atoms with E-state index in [1.165, 1.54) is 0 Å². The molecule has 0 amide bonds. The van der Waals surface area contributed by atoms with Gasteiger partial charge in [-0.1, -0.05) is 18.2 Å². The Morgan fingerprint density at radius 3 is 2.92 bits per heavy atom. The van der Waals surface area contributed by atoms with E-state index >= 15 is 0 Å². The molecule has 0 spiro atoms. The molecule has 0 saturated heterocycles. The molecule has 0 fully saturated rings. The van der Waals surface area contributed by atoms with Crippen LogP contribution in [0.3, 0.4) is 0 Å². The molecule has 0 aromatic carbocycles. The monoisotopic (exact) mass is 165 g/mol. The summed E-state index contributed by atoms with van der Waals surface area (Å²) in [4.78, 5) is 4.06. The lowest BCUT2D eigenvalue weighted by Crippen LogP contribution is -2.14. The Morgan fingerprint density at radius 2 is 2.17 bits per heavy atom. The van der Waals surface area contributed by atoms with Gasteiger partial charge in [-0.3, -0.25) is 4.99 Å². The quantitative estimate of drug-likeness (QED) is 0.550. The standard InChI is InChI=1S/C8H12BNO2/c11-9(12)8-4-2-1-3-6-10-7-5-8/h2,4-6,11-12H,1,3,7H2. The second kappa shape index (κ2) is 4.90. The molecule has 0 aliphatic carbocycles. The Labute approximate surface area is 72.3 Å². The van der Waals surface area contributed by atoms with Crippen molar-refractivity contribution in [3.05, 3.63) is 23.7 Å². The van der Waals surface area contributed by atoms with Crippen LogP contribution < -0.4 is 0 Å². The third-order valence-electron chi connectivity index (χ3n) is 1.63. The van der Waals surface area contributed by atoms with Crippen molar-refractivity contribution in [2.45, 2.75) is 12.8 Å². The van der Waals surface area contributed by atoms with Crippen molar-refractivity contribution in [2.24, 2.45) is 4.99 Å². The Kier molecular flexibility index (Phi) is 3.77. The summed E-state index contributed by atoms with van der Waals surface area (Å²) < 4.78 is 0. The van der Waals surface area contributed by atoms with E-state index in [4.69, 9.17) is 10.0 Å². The lowest BCUT2D eigenvalue weighted by Gasteiger charge is -1.97. The minimum absolute atomic E-state index is 0.522. The summed E-state index contributed by atoms with van der Waals surface area (Å²) in [5.41, 5.74) is 0.522. The van der Waals surface area contributed by atoms with E-state index in [0.29, 0.717) is 12.0 Å². The van der Waals surface area contributed by atoms with Gasteiger partial charge in [0.1, 0.15) is 0 Å². The van der Waals surface area contributed by atoms with E-state index in [0.717, 1.165) is 12.8 Å². The van der Waals surface area contributed by atoms with E-state index < -0.39 is 7.12 Å². The number of hydrogen-bond donors (Lipinski definition) is 2. The summed E-state index contributed by atoms with van der Waals surface area (Å²) in [6, 6.07) is 0. The van der Waals surface area contributed by atoms with Gasteiger partial charge in [0.15, 0.2) is 0 Å². The predicted molar refractivity (Wildman–Crippen MR) is 50.0 cm³/mol. The molecule has 0 bridgehead atoms. The van der Waals surface area contributed by atoms with Gasteiger partial charge in [-0.15, -0.1) is 0 Å². The van der Waals surface area contributed by atoms with Crippen LogP contribution in [0.5, 0.6) is 0 Å². The van der Waals surface area contributed by atoms with E-state index in [9.17, 15) is 0 Å². The minimum atomic E-state index is -1.38. The van der Waals surface area contributed by atoms with Gasteiger partial charge in [0.25, 0.3) is 0 Å². The van der Waals surface area contributed by atoms with Crippen LogP contribution in [0.1, 0.15) is 12.8 Å². The maximum absolute atomic E-state index is 8.87. The molecule has 0 unspecified atom stereocenters. The van der Waals surface area contributed by atoms with Crippen LogP contribution in [-0.4, -0.2) is 29.9 Å². The molecule has 12 heavy (non-hydrogen) atoms. The van der Waals surface area contributed by atoms with Crippen LogP contribution in [0.2, 0.25) is 0 Å². The molecular formula is C8H12BNO2. The predicted octanol–water partition coefficient (Wildman–Crippen LogP) is 0.346. The molecule has 1 aliphatic heterocycles. The van der Waals surface area contributed by atoms with Crippen molar-refractivity contribution in [1.29, 1.82) is 0 Å². The molecular weight excluding hydrogens is 153 g/mol. The van der Waals surface area contributed by atoms with Crippen LogP contribution in [0.4, 0.5) is 0 Å². The van der Waals surface area contributed by atoms with Crippen molar-refractivity contribution in [2.75, 3.05) is 6.54 Å². The maximum atomic E-state index is 8.87. The number of hydrogen-bond acceptors (Lipinski definition) is 3. The first-order valence-corrected chi connectivity index (χ1v) is 4.01. The largest absolute Gasteiger partial charge is 0.488 e. The Morgan fingerprint density at radius 1 is 1.33 bits per heavy atom. The zero-order valence-corrected chi connectivity index (χ0v) is 6.85. The molecule has 0 saturated carbocycles. The van der Waals surface area contributed by atoms with Gasteiger partial charge < -0.3 is 10.0 Å². The van der Waals surface area contributed by atoms with Crippen molar-refractivity contribution in [3.63, 3.8) is 0 Å². The van der Waals surface area contributed by atoms with E-state index in [2.05, 4.69) is 4.99 Å². The fourth-order valence-corrected chi connectivity index (χ4v) is 0.974. The number of rotatable bonds is 1. The lowest BCUT2D eigenvalue weighted by molar-refractivity contribution is 0.420. The smallest absolute Gasteiger partial charge is 0.423 e. The van der Waals surface area contributed by atoms with Gasteiger partial charge in [-0.05, 0) is 24.5 Å². The third kappa shape index (κ3) is 3.03. The van der Waals surface area contributed by atoms with E-state index in [1.54, 1.807) is 12.2 Å². The fraction of sp³-hybridized carbons (Fsp3) is 0.375. The summed E-state index contributed by atoms with van der Waals surface area (Å²) in [5.74, 6) is 0. The SMILES string of the molecule is OB(O)C1=CCN=CCCC=C1. The summed E-state index contributed by atoms with van der Waals surface area (Å²) >= 11 is 0. The number of allylic oxidation sites excluding steroid dienone is 3. The molecule has 64 valence electrons. The van der Waals surface area contributed by atoms with E-state index in [-0.39, 0.29) is 0 Å². The average molecular weight is 165 g/mol. The highest BCUT2D eigenvalue weighted by atomic mass is 16.4. The summed E-state index contributed by atoms with van der Waals surface area (Å²) in [7, 11) is -1.38. The van der Waals surface area contributed by atoms with Gasteiger partial charge in [0.2, 0.25) is 0 Å². The molecule has 0 aromatic heterocycles. The van der Waals surface area contributed by atoms with Crippen molar-refractivity contribution < 1.29 is 10.0 Å². The van der Waals surface area contributed by atoms with Crippen LogP contribution in [0, 0.1) is 0 Å². The minimum Gasteiger partial charge on any atom is -0.423 e. The summed E-state index contributed by atoms with van der Waals surface area (Å²) in [5, 5.41) is 17.7. The van der Waals surface area contributed by atoms with Crippen molar-refractivity contribution >= 4 is 13.3 Å². The first kappa shape index (κ1) is 9.22. The summed E-state index contributed by atoms with van der Waals surface area (Å²) in [6.07, 6.45) is 9.03. The van der Waals surface area contributed by atoms with E-state index in [1.807, 2.05) is 12.3 Å². The molecule has 0 radical (unpaired) electrons. The zero-order valence-electron chi connectivity index (χ0n) is 6.85. The normalized spacial score (nSPS) is 17.7. The van der Waals surface area contributed by atoms with Crippen molar-refractivity contribution in [3.8, 4) is 0 Å². The lowest BCUT2D eigenvalue weighted by atomic mass is 9.79. The Balaban J connectivity index is 2.67. The number of aliphatic imine (C=N–C) groups is 1. The fourth-order valence-electron chi connectivity index (χ4n) is 0.974. The molecule has 0 aromatic rings. The highest BCUT2D eigenvalue weighted by Crippen LogP contribution is 2.02. The van der Waals surface area contributed by atoms with Crippen LogP contribution in [0.15, 0.2) is 28.7 Å². The van der Waals surface area contributed by atoms with Gasteiger partial charge in [0, 0.05) is 0 Å². The second-order valence-corrected chi connectivity index (χ2v) is 2.61. The third-order valence-corrected chi connectivity index (χ3v) is 1.63. The summed E-state index contributed by atoms with van der Waals surface area (Å²) in [6.45, 7) is 0.525. The Hall–Kier alpha value is -0.865. The average Bonchev–Trinajstić information content (AvgIpc) is 2.15. The second-order valence-electron chi connectivity index (χ2n) is 2.61. The topological polar surface area (TPSA) is 52.8 Å². The zero-order chi connectivity index (χ0) is 8.81. The van der Waals surface area contributed by atoms with Gasteiger partial charge >= 0.3 is 7.12 Å². The maximum Gasteiger partial charge on any atom is 0.488 e.